The first-order valence-electron chi connectivity index (χ1n) is 4.94. The molecule has 1 heterocycles. The summed E-state index contributed by atoms with van der Waals surface area (Å²) in [5.74, 6) is -0.154. The normalized spacial score (nSPS) is 10.7. The van der Waals surface area contributed by atoms with Gasteiger partial charge < -0.3 is 14.8 Å². The van der Waals surface area contributed by atoms with Crippen LogP contribution in [0.1, 0.15) is 21.6 Å². The quantitative estimate of drug-likeness (QED) is 0.815. The van der Waals surface area contributed by atoms with Crippen molar-refractivity contribution in [1.29, 1.82) is 0 Å². The minimum absolute atomic E-state index is 0.334. The van der Waals surface area contributed by atoms with Crippen molar-refractivity contribution in [2.45, 2.75) is 13.8 Å². The topological polar surface area (TPSA) is 62.3 Å². The van der Waals surface area contributed by atoms with Gasteiger partial charge >= 0.3 is 5.97 Å². The number of aromatic carboxylic acids is 1. The van der Waals surface area contributed by atoms with Gasteiger partial charge in [-0.3, -0.25) is 0 Å². The van der Waals surface area contributed by atoms with E-state index in [0.29, 0.717) is 11.3 Å². The first kappa shape index (κ1) is 10.5. The summed E-state index contributed by atoms with van der Waals surface area (Å²) < 4.78 is 5.20. The summed E-state index contributed by atoms with van der Waals surface area (Å²) in [5.41, 5.74) is 2.71. The van der Waals surface area contributed by atoms with E-state index in [0.717, 1.165) is 22.2 Å². The zero-order valence-electron chi connectivity index (χ0n) is 9.42. The molecule has 0 aliphatic carbocycles. The smallest absolute Gasteiger partial charge is 0.338 e. The lowest BCUT2D eigenvalue weighted by Gasteiger charge is -2.04. The number of rotatable bonds is 2. The number of carboxylic acids is 1. The van der Waals surface area contributed by atoms with E-state index in [4.69, 9.17) is 9.84 Å². The molecule has 1 aromatic carbocycles. The molecule has 0 atom stereocenters. The number of nitrogens with one attached hydrogen (secondary N) is 1. The molecule has 16 heavy (non-hydrogen) atoms. The Balaban J connectivity index is 2.81. The van der Waals surface area contributed by atoms with Crippen molar-refractivity contribution in [2.24, 2.45) is 0 Å². The molecule has 4 heteroatoms. The van der Waals surface area contributed by atoms with E-state index in [1.807, 2.05) is 19.1 Å². The first-order valence-corrected chi connectivity index (χ1v) is 4.94. The Hall–Kier alpha value is -1.97. The zero-order valence-corrected chi connectivity index (χ0v) is 9.42. The SMILES string of the molecule is COc1cc2[nH]c(C)c(C(=O)O)c2cc1C. The minimum atomic E-state index is -0.909. The molecule has 1 aromatic heterocycles. The maximum atomic E-state index is 11.1. The monoisotopic (exact) mass is 219 g/mol. The average molecular weight is 219 g/mol. The Morgan fingerprint density at radius 3 is 2.62 bits per heavy atom. The van der Waals surface area contributed by atoms with Crippen molar-refractivity contribution in [3.05, 3.63) is 29.0 Å². The standard InChI is InChI=1S/C12H13NO3/c1-6-4-8-9(5-10(6)16-3)13-7(2)11(8)12(14)15/h4-5,13H,1-3H3,(H,14,15). The van der Waals surface area contributed by atoms with Gasteiger partial charge in [0.2, 0.25) is 0 Å². The average Bonchev–Trinajstić information content (AvgIpc) is 2.51. The van der Waals surface area contributed by atoms with Gasteiger partial charge in [-0.15, -0.1) is 0 Å². The van der Waals surface area contributed by atoms with Crippen LogP contribution in [0.5, 0.6) is 5.75 Å². The molecule has 2 aromatic rings. The van der Waals surface area contributed by atoms with Crippen LogP contribution in [0, 0.1) is 13.8 Å². The third-order valence-corrected chi connectivity index (χ3v) is 2.72. The number of methoxy groups -OCH3 is 1. The van der Waals surface area contributed by atoms with Gasteiger partial charge in [-0.25, -0.2) is 4.79 Å². The predicted molar refractivity (Wildman–Crippen MR) is 61.3 cm³/mol. The van der Waals surface area contributed by atoms with E-state index in [-0.39, 0.29) is 0 Å². The van der Waals surface area contributed by atoms with Crippen molar-refractivity contribution in [3.63, 3.8) is 0 Å². The number of ether oxygens (including phenoxy) is 1. The van der Waals surface area contributed by atoms with E-state index < -0.39 is 5.97 Å². The molecule has 0 radical (unpaired) electrons. The molecule has 0 aliphatic heterocycles. The lowest BCUT2D eigenvalue weighted by molar-refractivity contribution is 0.0698. The third-order valence-electron chi connectivity index (χ3n) is 2.72. The number of carboxylic acid groups (broad SMARTS) is 1. The summed E-state index contributed by atoms with van der Waals surface area (Å²) in [4.78, 5) is 14.2. The fourth-order valence-corrected chi connectivity index (χ4v) is 1.96. The second-order valence-corrected chi connectivity index (χ2v) is 3.80. The van der Waals surface area contributed by atoms with Gasteiger partial charge in [0.05, 0.1) is 18.2 Å². The number of benzene rings is 1. The van der Waals surface area contributed by atoms with Crippen molar-refractivity contribution in [3.8, 4) is 5.75 Å². The van der Waals surface area contributed by atoms with Crippen LogP contribution >= 0.6 is 0 Å². The molecular formula is C12H13NO3. The number of aromatic amines is 1. The van der Waals surface area contributed by atoms with Crippen molar-refractivity contribution in [1.82, 2.24) is 4.98 Å². The number of hydrogen-bond acceptors (Lipinski definition) is 2. The number of H-pyrrole nitrogens is 1. The Bertz CT molecular complexity index is 569. The van der Waals surface area contributed by atoms with Crippen LogP contribution < -0.4 is 4.74 Å². The largest absolute Gasteiger partial charge is 0.496 e. The molecular weight excluding hydrogens is 206 g/mol. The van der Waals surface area contributed by atoms with Crippen molar-refractivity contribution >= 4 is 16.9 Å². The summed E-state index contributed by atoms with van der Waals surface area (Å²) in [6, 6.07) is 3.66. The maximum Gasteiger partial charge on any atom is 0.338 e. The van der Waals surface area contributed by atoms with Crippen molar-refractivity contribution in [2.75, 3.05) is 7.11 Å². The first-order chi connectivity index (χ1) is 7.54. The zero-order chi connectivity index (χ0) is 11.9. The summed E-state index contributed by atoms with van der Waals surface area (Å²) in [6.45, 7) is 3.65. The molecule has 0 saturated heterocycles. The summed E-state index contributed by atoms with van der Waals surface area (Å²) in [6.07, 6.45) is 0. The Kier molecular flexibility index (Phi) is 2.34. The van der Waals surface area contributed by atoms with Crippen LogP contribution in [0.15, 0.2) is 12.1 Å². The Morgan fingerprint density at radius 2 is 2.06 bits per heavy atom. The molecule has 0 spiro atoms. The summed E-state index contributed by atoms with van der Waals surface area (Å²) in [7, 11) is 1.60. The van der Waals surface area contributed by atoms with E-state index >= 15 is 0 Å². The lowest BCUT2D eigenvalue weighted by Crippen LogP contribution is -1.97. The van der Waals surface area contributed by atoms with E-state index in [9.17, 15) is 4.79 Å². The fraction of sp³-hybridized carbons (Fsp3) is 0.250. The van der Waals surface area contributed by atoms with E-state index in [2.05, 4.69) is 4.98 Å². The van der Waals surface area contributed by atoms with Crippen LogP contribution in [-0.2, 0) is 0 Å². The molecule has 0 saturated carbocycles. The Labute approximate surface area is 92.9 Å². The predicted octanol–water partition coefficient (Wildman–Crippen LogP) is 2.49. The molecule has 0 fully saturated rings. The second kappa shape index (κ2) is 3.56. The van der Waals surface area contributed by atoms with Gasteiger partial charge in [0.1, 0.15) is 5.75 Å². The number of aryl methyl sites for hydroxylation is 2. The van der Waals surface area contributed by atoms with Gasteiger partial charge in [0.25, 0.3) is 0 Å². The molecule has 0 aliphatic rings. The van der Waals surface area contributed by atoms with Gasteiger partial charge in [0.15, 0.2) is 0 Å². The molecule has 84 valence electrons. The molecule has 0 bridgehead atoms. The van der Waals surface area contributed by atoms with Crippen LogP contribution in [0.2, 0.25) is 0 Å². The fourth-order valence-electron chi connectivity index (χ4n) is 1.96. The van der Waals surface area contributed by atoms with E-state index in [1.54, 1.807) is 14.0 Å². The van der Waals surface area contributed by atoms with Gasteiger partial charge in [-0.1, -0.05) is 0 Å². The summed E-state index contributed by atoms with van der Waals surface area (Å²) in [5, 5.41) is 9.84. The number of fused-ring (bicyclic) bond motifs is 1. The number of carbonyl (C=O) groups is 1. The molecule has 0 amide bonds. The number of aromatic nitrogens is 1. The highest BCUT2D eigenvalue weighted by Crippen LogP contribution is 2.29. The highest BCUT2D eigenvalue weighted by molar-refractivity contribution is 6.05. The van der Waals surface area contributed by atoms with Crippen LogP contribution in [-0.4, -0.2) is 23.2 Å². The van der Waals surface area contributed by atoms with Gasteiger partial charge in [0, 0.05) is 17.1 Å². The van der Waals surface area contributed by atoms with Crippen molar-refractivity contribution < 1.29 is 14.6 Å². The lowest BCUT2D eigenvalue weighted by atomic mass is 10.1. The van der Waals surface area contributed by atoms with Crippen LogP contribution in [0.25, 0.3) is 10.9 Å². The van der Waals surface area contributed by atoms with E-state index in [1.165, 1.54) is 0 Å². The molecule has 0 unspecified atom stereocenters. The second-order valence-electron chi connectivity index (χ2n) is 3.80. The van der Waals surface area contributed by atoms with Crippen LogP contribution in [0.3, 0.4) is 0 Å². The molecule has 4 nitrogen and oxygen atoms in total. The minimum Gasteiger partial charge on any atom is -0.496 e. The highest BCUT2D eigenvalue weighted by atomic mass is 16.5. The molecule has 2 rings (SSSR count). The van der Waals surface area contributed by atoms with Gasteiger partial charge in [-0.2, -0.15) is 0 Å². The third kappa shape index (κ3) is 1.43. The summed E-state index contributed by atoms with van der Waals surface area (Å²) >= 11 is 0. The number of hydrogen-bond donors (Lipinski definition) is 2. The maximum absolute atomic E-state index is 11.1. The Morgan fingerprint density at radius 1 is 1.38 bits per heavy atom. The molecule has 2 N–H and O–H groups in total. The van der Waals surface area contributed by atoms with Gasteiger partial charge in [-0.05, 0) is 25.5 Å². The highest BCUT2D eigenvalue weighted by Gasteiger charge is 2.16. The van der Waals surface area contributed by atoms with Crippen LogP contribution in [0.4, 0.5) is 0 Å².